The van der Waals surface area contributed by atoms with E-state index in [0.717, 1.165) is 6.20 Å². The summed E-state index contributed by atoms with van der Waals surface area (Å²) in [5.41, 5.74) is -3.57. The number of rotatable bonds is 2. The zero-order valence-electron chi connectivity index (χ0n) is 11.4. The van der Waals surface area contributed by atoms with Crippen LogP contribution in [0.15, 0.2) is 6.20 Å². The van der Waals surface area contributed by atoms with Crippen molar-refractivity contribution in [3.8, 4) is 0 Å². The average molecular weight is 325 g/mol. The molecule has 2 heterocycles. The van der Waals surface area contributed by atoms with Crippen LogP contribution in [0.5, 0.6) is 0 Å². The van der Waals surface area contributed by atoms with E-state index in [1.807, 2.05) is 0 Å². The molecule has 1 atom stereocenters. The number of anilines is 1. The largest absolute Gasteiger partial charge is 0.435 e. The molecule has 22 heavy (non-hydrogen) atoms. The first-order valence-corrected chi connectivity index (χ1v) is 6.87. The standard InChI is InChI=1S/C13H13F6N3/c14-7-1-4-22(12(5-7)2-3-12)8-6-20-9(11(15)16)10(21-8)13(17,18)19/h6-7,11H,1-5H2. The van der Waals surface area contributed by atoms with Crippen LogP contribution >= 0.6 is 0 Å². The number of alkyl halides is 6. The van der Waals surface area contributed by atoms with Crippen molar-refractivity contribution in [2.24, 2.45) is 0 Å². The lowest BCUT2D eigenvalue weighted by molar-refractivity contribution is -0.143. The molecule has 2 aliphatic rings. The highest BCUT2D eigenvalue weighted by Gasteiger charge is 2.52. The summed E-state index contributed by atoms with van der Waals surface area (Å²) in [5.74, 6) is -0.110. The van der Waals surface area contributed by atoms with E-state index in [2.05, 4.69) is 9.97 Å². The molecule has 9 heteroatoms. The Bertz CT molecular complexity index is 569. The summed E-state index contributed by atoms with van der Waals surface area (Å²) in [6.45, 7) is 0.209. The fraction of sp³-hybridized carbons (Fsp3) is 0.692. The Morgan fingerprint density at radius 1 is 1.27 bits per heavy atom. The fourth-order valence-electron chi connectivity index (χ4n) is 2.99. The predicted octanol–water partition coefficient (Wildman–Crippen LogP) is 3.90. The number of piperidine rings is 1. The molecule has 0 bridgehead atoms. The van der Waals surface area contributed by atoms with Gasteiger partial charge < -0.3 is 4.90 Å². The summed E-state index contributed by atoms with van der Waals surface area (Å²) in [7, 11) is 0. The molecule has 0 radical (unpaired) electrons. The molecule has 1 aromatic rings. The van der Waals surface area contributed by atoms with Crippen molar-refractivity contribution in [1.29, 1.82) is 0 Å². The van der Waals surface area contributed by atoms with Crippen molar-refractivity contribution >= 4 is 5.82 Å². The highest BCUT2D eigenvalue weighted by atomic mass is 19.4. The molecule has 1 aliphatic carbocycles. The van der Waals surface area contributed by atoms with E-state index in [4.69, 9.17) is 0 Å². The number of hydrogen-bond acceptors (Lipinski definition) is 3. The van der Waals surface area contributed by atoms with Crippen molar-refractivity contribution in [3.05, 3.63) is 17.6 Å². The number of aromatic nitrogens is 2. The minimum absolute atomic E-state index is 0.110. The summed E-state index contributed by atoms with van der Waals surface area (Å²) in [4.78, 5) is 8.23. The highest BCUT2D eigenvalue weighted by molar-refractivity contribution is 5.46. The van der Waals surface area contributed by atoms with Crippen LogP contribution in [-0.4, -0.2) is 28.2 Å². The van der Waals surface area contributed by atoms with Gasteiger partial charge in [-0.2, -0.15) is 13.2 Å². The first-order chi connectivity index (χ1) is 10.2. The first-order valence-electron chi connectivity index (χ1n) is 6.87. The van der Waals surface area contributed by atoms with E-state index in [1.54, 1.807) is 4.90 Å². The SMILES string of the molecule is FC1CCN(c2cnc(C(F)F)c(C(F)(F)F)n2)C2(CC2)C1. The maximum absolute atomic E-state index is 13.5. The van der Waals surface area contributed by atoms with E-state index >= 15 is 0 Å². The van der Waals surface area contributed by atoms with E-state index < -0.39 is 35.7 Å². The van der Waals surface area contributed by atoms with Gasteiger partial charge in [-0.15, -0.1) is 0 Å². The van der Waals surface area contributed by atoms with Crippen LogP contribution in [0.3, 0.4) is 0 Å². The molecule has 2 fully saturated rings. The van der Waals surface area contributed by atoms with Crippen LogP contribution in [0.25, 0.3) is 0 Å². The third-order valence-corrected chi connectivity index (χ3v) is 4.21. The normalized spacial score (nSPS) is 24.1. The first kappa shape index (κ1) is 15.4. The molecule has 1 unspecified atom stereocenters. The third-order valence-electron chi connectivity index (χ3n) is 4.21. The lowest BCUT2D eigenvalue weighted by Crippen LogP contribution is -2.46. The molecule has 1 saturated carbocycles. The van der Waals surface area contributed by atoms with Gasteiger partial charge in [0.1, 0.15) is 17.7 Å². The molecule has 1 spiro atoms. The van der Waals surface area contributed by atoms with Gasteiger partial charge in [-0.1, -0.05) is 0 Å². The minimum atomic E-state index is -5.01. The predicted molar refractivity (Wildman–Crippen MR) is 65.4 cm³/mol. The average Bonchev–Trinajstić information content (AvgIpc) is 3.17. The number of nitrogens with zero attached hydrogens (tertiary/aromatic N) is 3. The number of halogens is 6. The second-order valence-electron chi connectivity index (χ2n) is 5.73. The Morgan fingerprint density at radius 3 is 2.50 bits per heavy atom. The van der Waals surface area contributed by atoms with Crippen molar-refractivity contribution in [1.82, 2.24) is 9.97 Å². The van der Waals surface area contributed by atoms with Gasteiger partial charge >= 0.3 is 6.18 Å². The smallest absolute Gasteiger partial charge is 0.349 e. The van der Waals surface area contributed by atoms with Gasteiger partial charge in [0.2, 0.25) is 0 Å². The zero-order valence-corrected chi connectivity index (χ0v) is 11.4. The molecule has 1 saturated heterocycles. The van der Waals surface area contributed by atoms with Crippen LogP contribution < -0.4 is 4.90 Å². The summed E-state index contributed by atoms with van der Waals surface area (Å²) in [6, 6.07) is 0. The van der Waals surface area contributed by atoms with Crippen LogP contribution in [0.2, 0.25) is 0 Å². The van der Waals surface area contributed by atoms with Gasteiger partial charge in [0.25, 0.3) is 6.43 Å². The second kappa shape index (κ2) is 4.99. The lowest BCUT2D eigenvalue weighted by atomic mass is 9.98. The fourth-order valence-corrected chi connectivity index (χ4v) is 2.99. The molecule has 122 valence electrons. The van der Waals surface area contributed by atoms with Gasteiger partial charge in [-0.25, -0.2) is 23.1 Å². The van der Waals surface area contributed by atoms with Crippen LogP contribution in [0.1, 0.15) is 43.5 Å². The zero-order chi connectivity index (χ0) is 16.1. The van der Waals surface area contributed by atoms with Crippen molar-refractivity contribution in [2.75, 3.05) is 11.4 Å². The summed E-state index contributed by atoms with van der Waals surface area (Å²) < 4.78 is 77.6. The Labute approximate surface area is 122 Å². The van der Waals surface area contributed by atoms with Crippen molar-refractivity contribution in [3.63, 3.8) is 0 Å². The Balaban J connectivity index is 1.98. The van der Waals surface area contributed by atoms with Crippen LogP contribution in [-0.2, 0) is 6.18 Å². The monoisotopic (exact) mass is 325 g/mol. The van der Waals surface area contributed by atoms with Crippen LogP contribution in [0.4, 0.5) is 32.2 Å². The van der Waals surface area contributed by atoms with E-state index in [9.17, 15) is 26.3 Å². The van der Waals surface area contributed by atoms with Gasteiger partial charge in [-0.3, -0.25) is 0 Å². The molecule has 1 aromatic heterocycles. The summed E-state index contributed by atoms with van der Waals surface area (Å²) >= 11 is 0. The topological polar surface area (TPSA) is 29.0 Å². The maximum atomic E-state index is 13.5. The van der Waals surface area contributed by atoms with Gasteiger partial charge in [-0.05, 0) is 19.3 Å². The summed E-state index contributed by atoms with van der Waals surface area (Å²) in [6.07, 6.45) is -6.70. The number of hydrogen-bond donors (Lipinski definition) is 0. The summed E-state index contributed by atoms with van der Waals surface area (Å²) in [5, 5.41) is 0. The van der Waals surface area contributed by atoms with Crippen molar-refractivity contribution in [2.45, 2.75) is 50.0 Å². The molecular formula is C13H13F6N3. The maximum Gasteiger partial charge on any atom is 0.435 e. The van der Waals surface area contributed by atoms with E-state index in [-0.39, 0.29) is 25.2 Å². The quantitative estimate of drug-likeness (QED) is 0.772. The molecular weight excluding hydrogens is 312 g/mol. The Hall–Kier alpha value is -1.54. The van der Waals surface area contributed by atoms with E-state index in [0.29, 0.717) is 12.8 Å². The molecule has 3 nitrogen and oxygen atoms in total. The van der Waals surface area contributed by atoms with Gasteiger partial charge in [0, 0.05) is 18.5 Å². The van der Waals surface area contributed by atoms with Crippen molar-refractivity contribution < 1.29 is 26.3 Å². The second-order valence-corrected chi connectivity index (χ2v) is 5.73. The molecule has 0 amide bonds. The molecule has 0 aromatic carbocycles. The lowest BCUT2D eigenvalue weighted by Gasteiger charge is -2.38. The van der Waals surface area contributed by atoms with E-state index in [1.165, 1.54) is 0 Å². The molecule has 0 N–H and O–H groups in total. The minimum Gasteiger partial charge on any atom is -0.349 e. The van der Waals surface area contributed by atoms with Gasteiger partial charge in [0.15, 0.2) is 5.69 Å². The third kappa shape index (κ3) is 2.61. The Kier molecular flexibility index (Phi) is 3.48. The molecule has 1 aliphatic heterocycles. The Morgan fingerprint density at radius 2 is 1.95 bits per heavy atom. The molecule has 3 rings (SSSR count). The highest BCUT2D eigenvalue weighted by Crippen LogP contribution is 2.50. The van der Waals surface area contributed by atoms with Gasteiger partial charge in [0.05, 0.1) is 6.20 Å². The van der Waals surface area contributed by atoms with Crippen LogP contribution in [0, 0.1) is 0 Å².